The zero-order valence-electron chi connectivity index (χ0n) is 10.6. The molecule has 0 bridgehead atoms. The summed E-state index contributed by atoms with van der Waals surface area (Å²) in [4.78, 5) is 2.14. The Morgan fingerprint density at radius 2 is 2.17 bits per heavy atom. The Labute approximate surface area is 106 Å². The van der Waals surface area contributed by atoms with E-state index in [2.05, 4.69) is 11.8 Å². The molecule has 2 nitrogen and oxygen atoms in total. The molecule has 0 spiro atoms. The van der Waals surface area contributed by atoms with Crippen LogP contribution in [0.15, 0.2) is 18.2 Å². The Balaban J connectivity index is 2.06. The second-order valence-corrected chi connectivity index (χ2v) is 5.02. The van der Waals surface area contributed by atoms with Gasteiger partial charge in [-0.3, -0.25) is 4.90 Å². The number of aliphatic hydroxyl groups is 1. The van der Waals surface area contributed by atoms with Crippen LogP contribution in [0.3, 0.4) is 0 Å². The van der Waals surface area contributed by atoms with Crippen molar-refractivity contribution < 1.29 is 13.9 Å². The van der Waals surface area contributed by atoms with Gasteiger partial charge in [0.25, 0.3) is 0 Å². The van der Waals surface area contributed by atoms with E-state index in [1.807, 2.05) is 0 Å². The maximum atomic E-state index is 13.5. The van der Waals surface area contributed by atoms with Crippen molar-refractivity contribution >= 4 is 0 Å². The van der Waals surface area contributed by atoms with E-state index in [1.54, 1.807) is 0 Å². The van der Waals surface area contributed by atoms with Gasteiger partial charge in [-0.15, -0.1) is 0 Å². The van der Waals surface area contributed by atoms with Gasteiger partial charge >= 0.3 is 0 Å². The summed E-state index contributed by atoms with van der Waals surface area (Å²) in [5.41, 5.74) is 0.0489. The van der Waals surface area contributed by atoms with Gasteiger partial charge in [0.1, 0.15) is 11.6 Å². The first-order valence-corrected chi connectivity index (χ1v) is 6.45. The van der Waals surface area contributed by atoms with Gasteiger partial charge in [-0.25, -0.2) is 8.78 Å². The number of hydrogen-bond donors (Lipinski definition) is 1. The highest BCUT2D eigenvalue weighted by molar-refractivity contribution is 5.21. The molecular weight excluding hydrogens is 236 g/mol. The number of likely N-dealkylation sites (tertiary alicyclic amines) is 1. The van der Waals surface area contributed by atoms with E-state index in [1.165, 1.54) is 6.42 Å². The molecule has 0 saturated carbocycles. The fourth-order valence-corrected chi connectivity index (χ4v) is 2.52. The van der Waals surface area contributed by atoms with Crippen molar-refractivity contribution in [2.45, 2.75) is 38.3 Å². The predicted molar refractivity (Wildman–Crippen MR) is 66.2 cm³/mol. The van der Waals surface area contributed by atoms with Crippen LogP contribution in [0.4, 0.5) is 8.78 Å². The van der Waals surface area contributed by atoms with Gasteiger partial charge in [-0.1, -0.05) is 6.42 Å². The minimum absolute atomic E-state index is 0.0489. The third-order valence-electron chi connectivity index (χ3n) is 3.67. The Hall–Kier alpha value is -1.00. The number of aliphatic hydroxyl groups excluding tert-OH is 1. The van der Waals surface area contributed by atoms with Crippen molar-refractivity contribution in [1.82, 2.24) is 4.90 Å². The van der Waals surface area contributed by atoms with Crippen LogP contribution in [0.1, 0.15) is 37.9 Å². The molecule has 1 aromatic rings. The number of nitrogens with zero attached hydrogens (tertiary/aromatic N) is 1. The van der Waals surface area contributed by atoms with Gasteiger partial charge in [0, 0.05) is 18.2 Å². The summed E-state index contributed by atoms with van der Waals surface area (Å²) >= 11 is 0. The van der Waals surface area contributed by atoms with Crippen LogP contribution in [0.2, 0.25) is 0 Å². The Bertz CT molecular complexity index is 411. The highest BCUT2D eigenvalue weighted by Crippen LogP contribution is 2.23. The van der Waals surface area contributed by atoms with Crippen molar-refractivity contribution in [2.24, 2.45) is 0 Å². The molecule has 0 aliphatic carbocycles. The summed E-state index contributed by atoms with van der Waals surface area (Å²) in [5.74, 6) is -1.06. The molecule has 1 aliphatic rings. The molecule has 1 aliphatic heterocycles. The van der Waals surface area contributed by atoms with Crippen molar-refractivity contribution in [3.63, 3.8) is 0 Å². The molecule has 1 fully saturated rings. The fourth-order valence-electron chi connectivity index (χ4n) is 2.52. The number of β-amino-alcohol motifs (C(OH)–C–C–N with tert-alkyl or cyclic N) is 1. The van der Waals surface area contributed by atoms with Crippen LogP contribution in [-0.2, 0) is 0 Å². The minimum Gasteiger partial charge on any atom is -0.387 e. The van der Waals surface area contributed by atoms with E-state index in [4.69, 9.17) is 0 Å². The van der Waals surface area contributed by atoms with Crippen LogP contribution >= 0.6 is 0 Å². The average Bonchev–Trinajstić information content (AvgIpc) is 2.35. The van der Waals surface area contributed by atoms with Crippen LogP contribution in [-0.4, -0.2) is 29.1 Å². The molecule has 1 N–H and O–H groups in total. The van der Waals surface area contributed by atoms with Gasteiger partial charge in [0.05, 0.1) is 6.10 Å². The summed E-state index contributed by atoms with van der Waals surface area (Å²) in [6.45, 7) is 3.38. The van der Waals surface area contributed by atoms with Gasteiger partial charge in [0.15, 0.2) is 0 Å². The first-order chi connectivity index (χ1) is 8.58. The van der Waals surface area contributed by atoms with E-state index in [0.29, 0.717) is 12.6 Å². The normalized spacial score (nSPS) is 23.0. The summed E-state index contributed by atoms with van der Waals surface area (Å²) in [7, 11) is 0. The fraction of sp³-hybridized carbons (Fsp3) is 0.571. The van der Waals surface area contributed by atoms with Crippen molar-refractivity contribution in [3.05, 3.63) is 35.4 Å². The van der Waals surface area contributed by atoms with Crippen LogP contribution in [0.25, 0.3) is 0 Å². The van der Waals surface area contributed by atoms with E-state index in [9.17, 15) is 13.9 Å². The number of benzene rings is 1. The van der Waals surface area contributed by atoms with Crippen molar-refractivity contribution in [1.29, 1.82) is 0 Å². The number of piperidine rings is 1. The van der Waals surface area contributed by atoms with Gasteiger partial charge in [0.2, 0.25) is 0 Å². The lowest BCUT2D eigenvalue weighted by atomic mass is 10.0. The number of hydrogen-bond acceptors (Lipinski definition) is 2. The van der Waals surface area contributed by atoms with E-state index >= 15 is 0 Å². The third kappa shape index (κ3) is 3.06. The zero-order chi connectivity index (χ0) is 13.1. The largest absolute Gasteiger partial charge is 0.387 e. The molecular formula is C14H19F2NO. The smallest absolute Gasteiger partial charge is 0.129 e. The monoisotopic (exact) mass is 255 g/mol. The summed E-state index contributed by atoms with van der Waals surface area (Å²) in [6, 6.07) is 3.60. The van der Waals surface area contributed by atoms with Crippen LogP contribution < -0.4 is 0 Å². The first-order valence-electron chi connectivity index (χ1n) is 6.45. The van der Waals surface area contributed by atoms with Crippen molar-refractivity contribution in [2.75, 3.05) is 13.1 Å². The molecule has 0 radical (unpaired) electrons. The lowest BCUT2D eigenvalue weighted by molar-refractivity contribution is 0.0711. The maximum Gasteiger partial charge on any atom is 0.129 e. The molecule has 18 heavy (non-hydrogen) atoms. The predicted octanol–water partition coefficient (Wildman–Crippen LogP) is 2.87. The highest BCUT2D eigenvalue weighted by atomic mass is 19.1. The Morgan fingerprint density at radius 1 is 1.39 bits per heavy atom. The lowest BCUT2D eigenvalue weighted by Gasteiger charge is -2.34. The SMILES string of the molecule is CC1CCCCN1CC(O)c1cc(F)ccc1F. The minimum atomic E-state index is -0.971. The molecule has 2 atom stereocenters. The molecule has 4 heteroatoms. The zero-order valence-corrected chi connectivity index (χ0v) is 10.6. The molecule has 0 aromatic heterocycles. The molecule has 1 heterocycles. The summed E-state index contributed by atoms with van der Waals surface area (Å²) < 4.78 is 26.6. The van der Waals surface area contributed by atoms with Crippen molar-refractivity contribution in [3.8, 4) is 0 Å². The number of rotatable bonds is 3. The molecule has 1 aromatic carbocycles. The van der Waals surface area contributed by atoms with Gasteiger partial charge < -0.3 is 5.11 Å². The van der Waals surface area contributed by atoms with E-state index in [-0.39, 0.29) is 5.56 Å². The van der Waals surface area contributed by atoms with Gasteiger partial charge in [-0.05, 0) is 44.5 Å². The van der Waals surface area contributed by atoms with Crippen LogP contribution in [0, 0.1) is 11.6 Å². The maximum absolute atomic E-state index is 13.5. The second kappa shape index (κ2) is 5.76. The van der Waals surface area contributed by atoms with Crippen LogP contribution in [0.5, 0.6) is 0 Å². The Kier molecular flexibility index (Phi) is 4.30. The molecule has 2 rings (SSSR count). The van der Waals surface area contributed by atoms with Gasteiger partial charge in [-0.2, -0.15) is 0 Å². The summed E-state index contributed by atoms with van der Waals surface area (Å²) in [6.07, 6.45) is 2.42. The third-order valence-corrected chi connectivity index (χ3v) is 3.67. The molecule has 100 valence electrons. The summed E-state index contributed by atoms with van der Waals surface area (Å²) in [5, 5.41) is 10.0. The number of halogens is 2. The average molecular weight is 255 g/mol. The topological polar surface area (TPSA) is 23.5 Å². The molecule has 0 amide bonds. The Morgan fingerprint density at radius 3 is 2.89 bits per heavy atom. The van der Waals surface area contributed by atoms with E-state index < -0.39 is 17.7 Å². The first kappa shape index (κ1) is 13.4. The highest BCUT2D eigenvalue weighted by Gasteiger charge is 2.23. The standard InChI is InChI=1S/C14H19F2NO/c1-10-4-2-3-7-17(10)9-14(18)12-8-11(15)5-6-13(12)16/h5-6,8,10,14,18H,2-4,7,9H2,1H3. The van der Waals surface area contributed by atoms with E-state index in [0.717, 1.165) is 37.6 Å². The second-order valence-electron chi connectivity index (χ2n) is 5.02. The lowest BCUT2D eigenvalue weighted by Crippen LogP contribution is -2.40. The molecule has 1 saturated heterocycles. The quantitative estimate of drug-likeness (QED) is 0.897. The molecule has 2 unspecified atom stereocenters.